The number of rotatable bonds is 4. The molecule has 0 saturated carbocycles. The van der Waals surface area contributed by atoms with Gasteiger partial charge in [0, 0.05) is 19.1 Å². The Kier molecular flexibility index (Phi) is 4.29. The van der Waals surface area contributed by atoms with E-state index in [0.29, 0.717) is 30.3 Å². The molecule has 1 atom stereocenters. The van der Waals surface area contributed by atoms with Crippen molar-refractivity contribution in [2.45, 2.75) is 25.8 Å². The molecular formula is C16H22N2O3. The highest BCUT2D eigenvalue weighted by Crippen LogP contribution is 2.34. The molecule has 0 bridgehead atoms. The number of carbonyl (C=O) groups excluding carboxylic acids is 1. The van der Waals surface area contributed by atoms with Crippen LogP contribution in [0, 0.1) is 0 Å². The van der Waals surface area contributed by atoms with Crippen LogP contribution in [-0.4, -0.2) is 49.7 Å². The third kappa shape index (κ3) is 2.83. The molecule has 1 amide bonds. The van der Waals surface area contributed by atoms with Gasteiger partial charge in [0.1, 0.15) is 13.2 Å². The van der Waals surface area contributed by atoms with E-state index in [1.807, 2.05) is 23.1 Å². The number of benzene rings is 1. The SMILES string of the molecule is CCCN(C(=O)c1cccc2c1OCCO2)C1CCNC1. The summed E-state index contributed by atoms with van der Waals surface area (Å²) < 4.78 is 11.2. The third-order valence-corrected chi connectivity index (χ3v) is 4.00. The van der Waals surface area contributed by atoms with Gasteiger partial charge in [0.15, 0.2) is 11.5 Å². The lowest BCUT2D eigenvalue weighted by Gasteiger charge is -2.30. The van der Waals surface area contributed by atoms with Gasteiger partial charge in [-0.15, -0.1) is 0 Å². The molecule has 0 radical (unpaired) electrons. The van der Waals surface area contributed by atoms with Crippen molar-refractivity contribution in [1.29, 1.82) is 0 Å². The number of amides is 1. The van der Waals surface area contributed by atoms with Gasteiger partial charge in [0.25, 0.3) is 5.91 Å². The average molecular weight is 290 g/mol. The van der Waals surface area contributed by atoms with E-state index in [-0.39, 0.29) is 11.9 Å². The quantitative estimate of drug-likeness (QED) is 0.916. The van der Waals surface area contributed by atoms with Crippen molar-refractivity contribution >= 4 is 5.91 Å². The smallest absolute Gasteiger partial charge is 0.258 e. The second kappa shape index (κ2) is 6.35. The molecule has 5 nitrogen and oxygen atoms in total. The van der Waals surface area contributed by atoms with Crippen molar-refractivity contribution in [3.05, 3.63) is 23.8 Å². The summed E-state index contributed by atoms with van der Waals surface area (Å²) in [6.07, 6.45) is 1.97. The van der Waals surface area contributed by atoms with Gasteiger partial charge in [0.05, 0.1) is 5.56 Å². The second-order valence-electron chi connectivity index (χ2n) is 5.47. The predicted octanol–water partition coefficient (Wildman–Crippen LogP) is 1.67. The first-order chi connectivity index (χ1) is 10.3. The molecule has 1 saturated heterocycles. The van der Waals surface area contributed by atoms with Gasteiger partial charge < -0.3 is 19.7 Å². The summed E-state index contributed by atoms with van der Waals surface area (Å²) in [7, 11) is 0. The fourth-order valence-electron chi connectivity index (χ4n) is 2.99. The maximum absolute atomic E-state index is 13.0. The lowest BCUT2D eigenvalue weighted by molar-refractivity contribution is 0.0682. The molecule has 0 spiro atoms. The van der Waals surface area contributed by atoms with Crippen molar-refractivity contribution in [2.75, 3.05) is 32.8 Å². The number of fused-ring (bicyclic) bond motifs is 1. The van der Waals surface area contributed by atoms with Crippen LogP contribution in [-0.2, 0) is 0 Å². The zero-order valence-electron chi connectivity index (χ0n) is 12.4. The Morgan fingerprint density at radius 2 is 2.24 bits per heavy atom. The minimum Gasteiger partial charge on any atom is -0.486 e. The van der Waals surface area contributed by atoms with Gasteiger partial charge in [-0.05, 0) is 31.5 Å². The number of para-hydroxylation sites is 1. The minimum absolute atomic E-state index is 0.0490. The van der Waals surface area contributed by atoms with Gasteiger partial charge in [-0.2, -0.15) is 0 Å². The molecule has 0 aliphatic carbocycles. The molecule has 114 valence electrons. The van der Waals surface area contributed by atoms with Crippen LogP contribution >= 0.6 is 0 Å². The number of hydrogen-bond donors (Lipinski definition) is 1. The number of nitrogens with one attached hydrogen (secondary N) is 1. The van der Waals surface area contributed by atoms with E-state index < -0.39 is 0 Å². The second-order valence-corrected chi connectivity index (χ2v) is 5.47. The highest BCUT2D eigenvalue weighted by Gasteiger charge is 2.30. The highest BCUT2D eigenvalue weighted by atomic mass is 16.6. The van der Waals surface area contributed by atoms with Gasteiger partial charge in [-0.1, -0.05) is 13.0 Å². The summed E-state index contributed by atoms with van der Waals surface area (Å²) in [5.41, 5.74) is 0.618. The fourth-order valence-corrected chi connectivity index (χ4v) is 2.99. The van der Waals surface area contributed by atoms with E-state index in [2.05, 4.69) is 12.2 Å². The summed E-state index contributed by atoms with van der Waals surface area (Å²) in [6, 6.07) is 5.82. The predicted molar refractivity (Wildman–Crippen MR) is 80.0 cm³/mol. The molecule has 3 rings (SSSR count). The molecule has 1 N–H and O–H groups in total. The number of ether oxygens (including phenoxy) is 2. The van der Waals surface area contributed by atoms with E-state index in [1.165, 1.54) is 0 Å². The van der Waals surface area contributed by atoms with Gasteiger partial charge in [0.2, 0.25) is 0 Å². The first-order valence-electron chi connectivity index (χ1n) is 7.71. The Bertz CT molecular complexity index is 512. The van der Waals surface area contributed by atoms with Crippen LogP contribution in [0.1, 0.15) is 30.1 Å². The molecule has 2 aliphatic rings. The molecule has 5 heteroatoms. The summed E-state index contributed by atoms with van der Waals surface area (Å²) in [6.45, 7) is 5.76. The van der Waals surface area contributed by atoms with Crippen LogP contribution < -0.4 is 14.8 Å². The topological polar surface area (TPSA) is 50.8 Å². The van der Waals surface area contributed by atoms with Crippen LogP contribution in [0.3, 0.4) is 0 Å². The van der Waals surface area contributed by atoms with Crippen LogP contribution in [0.4, 0.5) is 0 Å². The van der Waals surface area contributed by atoms with Crippen molar-refractivity contribution in [3.63, 3.8) is 0 Å². The molecule has 21 heavy (non-hydrogen) atoms. The number of nitrogens with zero attached hydrogens (tertiary/aromatic N) is 1. The lowest BCUT2D eigenvalue weighted by atomic mass is 10.1. The monoisotopic (exact) mass is 290 g/mol. The number of hydrogen-bond acceptors (Lipinski definition) is 4. The van der Waals surface area contributed by atoms with Crippen molar-refractivity contribution < 1.29 is 14.3 Å². The maximum Gasteiger partial charge on any atom is 0.258 e. The molecule has 2 heterocycles. The molecule has 0 aromatic heterocycles. The standard InChI is InChI=1S/C16H22N2O3/c1-2-8-18(12-6-7-17-11-12)16(19)13-4-3-5-14-15(13)21-10-9-20-14/h3-5,12,17H,2,6-11H2,1H3. The maximum atomic E-state index is 13.0. The van der Waals surface area contributed by atoms with Crippen LogP contribution in [0.2, 0.25) is 0 Å². The first-order valence-corrected chi connectivity index (χ1v) is 7.71. The van der Waals surface area contributed by atoms with E-state index in [0.717, 1.165) is 32.5 Å². The molecular weight excluding hydrogens is 268 g/mol. The summed E-state index contributed by atoms with van der Waals surface area (Å²) >= 11 is 0. The average Bonchev–Trinajstić information content (AvgIpc) is 3.05. The van der Waals surface area contributed by atoms with Gasteiger partial charge in [-0.3, -0.25) is 4.79 Å². The zero-order valence-corrected chi connectivity index (χ0v) is 12.4. The molecule has 1 aromatic rings. The molecule has 1 unspecified atom stereocenters. The first kappa shape index (κ1) is 14.2. The molecule has 2 aliphatic heterocycles. The largest absolute Gasteiger partial charge is 0.486 e. The van der Waals surface area contributed by atoms with E-state index in [9.17, 15) is 4.79 Å². The summed E-state index contributed by atoms with van der Waals surface area (Å²) in [4.78, 5) is 14.9. The van der Waals surface area contributed by atoms with Gasteiger partial charge in [-0.25, -0.2) is 0 Å². The Morgan fingerprint density at radius 3 is 3.00 bits per heavy atom. The van der Waals surface area contributed by atoms with Crippen LogP contribution in [0.25, 0.3) is 0 Å². The van der Waals surface area contributed by atoms with E-state index in [4.69, 9.17) is 9.47 Å². The van der Waals surface area contributed by atoms with Gasteiger partial charge >= 0.3 is 0 Å². The minimum atomic E-state index is 0.0490. The molecule has 1 fully saturated rings. The lowest BCUT2D eigenvalue weighted by Crippen LogP contribution is -2.42. The summed E-state index contributed by atoms with van der Waals surface area (Å²) in [5.74, 6) is 1.32. The summed E-state index contributed by atoms with van der Waals surface area (Å²) in [5, 5.41) is 3.33. The van der Waals surface area contributed by atoms with E-state index >= 15 is 0 Å². The zero-order chi connectivity index (χ0) is 14.7. The van der Waals surface area contributed by atoms with Crippen LogP contribution in [0.15, 0.2) is 18.2 Å². The van der Waals surface area contributed by atoms with Crippen molar-refractivity contribution in [1.82, 2.24) is 10.2 Å². The Labute approximate surface area is 125 Å². The van der Waals surface area contributed by atoms with E-state index in [1.54, 1.807) is 0 Å². The third-order valence-electron chi connectivity index (χ3n) is 4.00. The van der Waals surface area contributed by atoms with Crippen LogP contribution in [0.5, 0.6) is 11.5 Å². The van der Waals surface area contributed by atoms with Crippen molar-refractivity contribution in [2.24, 2.45) is 0 Å². The molecule has 1 aromatic carbocycles. The Morgan fingerprint density at radius 1 is 1.38 bits per heavy atom. The Hall–Kier alpha value is -1.75. The number of carbonyl (C=O) groups is 1. The highest BCUT2D eigenvalue weighted by molar-refractivity contribution is 5.98. The fraction of sp³-hybridized carbons (Fsp3) is 0.562. The normalized spacial score (nSPS) is 20.3. The van der Waals surface area contributed by atoms with Crippen molar-refractivity contribution in [3.8, 4) is 11.5 Å². The Balaban J connectivity index is 1.88.